The SMILES string of the molecule is CC1(C)CC2(CCN(CC(=O)Nc3cccc(C(F)(F)F)c3)CC2)CN1S(=O)(=O)c1cccc(Cl)c1. The van der Waals surface area contributed by atoms with Crippen LogP contribution in [0, 0.1) is 5.41 Å². The summed E-state index contributed by atoms with van der Waals surface area (Å²) in [6.07, 6.45) is -2.35. The third-order valence-electron chi connectivity index (χ3n) is 7.10. The van der Waals surface area contributed by atoms with Gasteiger partial charge in [0, 0.05) is 22.8 Å². The minimum absolute atomic E-state index is 0.0558. The molecule has 0 unspecified atom stereocenters. The predicted octanol–water partition coefficient (Wildman–Crippen LogP) is 5.25. The van der Waals surface area contributed by atoms with Gasteiger partial charge in [0.15, 0.2) is 0 Å². The first-order valence-electron chi connectivity index (χ1n) is 11.7. The molecule has 196 valence electrons. The highest BCUT2D eigenvalue weighted by Crippen LogP contribution is 2.50. The number of sulfonamides is 1. The van der Waals surface area contributed by atoms with Crippen LogP contribution in [0.2, 0.25) is 5.02 Å². The molecule has 1 amide bonds. The Kier molecular flexibility index (Phi) is 7.20. The molecule has 36 heavy (non-hydrogen) atoms. The molecule has 2 aliphatic heterocycles. The zero-order valence-electron chi connectivity index (χ0n) is 20.1. The van der Waals surface area contributed by atoms with Crippen LogP contribution in [-0.2, 0) is 21.0 Å². The Balaban J connectivity index is 1.38. The van der Waals surface area contributed by atoms with Crippen LogP contribution in [0.25, 0.3) is 0 Å². The van der Waals surface area contributed by atoms with E-state index in [1.807, 2.05) is 18.7 Å². The number of benzene rings is 2. The number of nitrogens with one attached hydrogen (secondary N) is 1. The number of likely N-dealkylation sites (tertiary alicyclic amines) is 1. The number of nitrogens with zero attached hydrogens (tertiary/aromatic N) is 2. The van der Waals surface area contributed by atoms with Gasteiger partial charge < -0.3 is 5.32 Å². The van der Waals surface area contributed by atoms with Gasteiger partial charge in [-0.1, -0.05) is 23.7 Å². The fraction of sp³-hybridized carbons (Fsp3) is 0.480. The van der Waals surface area contributed by atoms with Gasteiger partial charge in [-0.15, -0.1) is 0 Å². The molecule has 11 heteroatoms. The fourth-order valence-corrected chi connectivity index (χ4v) is 7.64. The van der Waals surface area contributed by atoms with Crippen LogP contribution in [0.4, 0.5) is 18.9 Å². The molecule has 4 rings (SSSR count). The van der Waals surface area contributed by atoms with E-state index in [4.69, 9.17) is 11.6 Å². The van der Waals surface area contributed by atoms with Gasteiger partial charge in [0.2, 0.25) is 15.9 Å². The van der Waals surface area contributed by atoms with Gasteiger partial charge in [-0.2, -0.15) is 17.5 Å². The van der Waals surface area contributed by atoms with Crippen LogP contribution in [0.3, 0.4) is 0 Å². The van der Waals surface area contributed by atoms with Crippen molar-refractivity contribution in [1.82, 2.24) is 9.21 Å². The molecule has 0 aliphatic carbocycles. The zero-order chi connectivity index (χ0) is 26.4. The number of halogens is 4. The number of hydrogen-bond donors (Lipinski definition) is 1. The smallest absolute Gasteiger partial charge is 0.325 e. The van der Waals surface area contributed by atoms with Crippen molar-refractivity contribution in [3.63, 3.8) is 0 Å². The molecule has 0 radical (unpaired) electrons. The van der Waals surface area contributed by atoms with Crippen LogP contribution < -0.4 is 5.32 Å². The van der Waals surface area contributed by atoms with Crippen molar-refractivity contribution < 1.29 is 26.4 Å². The van der Waals surface area contributed by atoms with Crippen molar-refractivity contribution in [3.8, 4) is 0 Å². The van der Waals surface area contributed by atoms with E-state index >= 15 is 0 Å². The third-order valence-corrected chi connectivity index (χ3v) is 9.39. The van der Waals surface area contributed by atoms with Gasteiger partial charge in [-0.25, -0.2) is 8.42 Å². The second-order valence-electron chi connectivity index (χ2n) is 10.4. The van der Waals surface area contributed by atoms with Gasteiger partial charge in [0.1, 0.15) is 0 Å². The van der Waals surface area contributed by atoms with E-state index in [2.05, 4.69) is 5.32 Å². The summed E-state index contributed by atoms with van der Waals surface area (Å²) >= 11 is 6.04. The number of hydrogen-bond acceptors (Lipinski definition) is 4. The molecule has 2 aliphatic rings. The maximum Gasteiger partial charge on any atom is 0.416 e. The average Bonchev–Trinajstić information content (AvgIpc) is 3.06. The first-order valence-corrected chi connectivity index (χ1v) is 13.5. The van der Waals surface area contributed by atoms with E-state index in [1.54, 1.807) is 22.5 Å². The van der Waals surface area contributed by atoms with Gasteiger partial charge in [0.25, 0.3) is 0 Å². The van der Waals surface area contributed by atoms with Gasteiger partial charge in [0.05, 0.1) is 17.0 Å². The quantitative estimate of drug-likeness (QED) is 0.559. The normalized spacial score (nSPS) is 20.5. The third kappa shape index (κ3) is 5.72. The number of anilines is 1. The Morgan fingerprint density at radius 3 is 2.39 bits per heavy atom. The number of rotatable bonds is 5. The van der Waals surface area contributed by atoms with Crippen LogP contribution in [0.5, 0.6) is 0 Å². The standard InChI is InChI=1S/C25H29ClF3N3O3S/c1-23(2)16-24(17-32(23)36(34,35)21-8-4-6-19(26)14-21)9-11-31(12-10-24)15-22(33)30-20-7-3-5-18(13-20)25(27,28)29/h3-8,13-14H,9-12,15-17H2,1-2H3,(H,30,33). The number of alkyl halides is 3. The second-order valence-corrected chi connectivity index (χ2v) is 12.7. The number of amides is 1. The molecule has 2 aromatic carbocycles. The largest absolute Gasteiger partial charge is 0.416 e. The topological polar surface area (TPSA) is 69.7 Å². The van der Waals surface area contributed by atoms with Crippen molar-refractivity contribution >= 4 is 33.2 Å². The summed E-state index contributed by atoms with van der Waals surface area (Å²) in [7, 11) is -3.73. The van der Waals surface area contributed by atoms with Crippen LogP contribution in [-0.4, -0.2) is 55.2 Å². The summed E-state index contributed by atoms with van der Waals surface area (Å²) in [6.45, 7) is 5.49. The van der Waals surface area contributed by atoms with E-state index in [0.717, 1.165) is 25.0 Å². The summed E-state index contributed by atoms with van der Waals surface area (Å²) in [4.78, 5) is 14.6. The van der Waals surface area contributed by atoms with Gasteiger partial charge in [-0.05, 0) is 88.0 Å². The molecular formula is C25H29ClF3N3O3S. The lowest BCUT2D eigenvalue weighted by molar-refractivity contribution is -0.137. The molecule has 2 aromatic rings. The van der Waals surface area contributed by atoms with Crippen LogP contribution >= 0.6 is 11.6 Å². The zero-order valence-corrected chi connectivity index (χ0v) is 21.7. The maximum absolute atomic E-state index is 13.4. The molecule has 2 fully saturated rings. The Labute approximate surface area is 214 Å². The number of carbonyl (C=O) groups is 1. The summed E-state index contributed by atoms with van der Waals surface area (Å²) < 4.78 is 67.2. The van der Waals surface area contributed by atoms with Gasteiger partial charge in [-0.3, -0.25) is 9.69 Å². The second kappa shape index (κ2) is 9.63. The van der Waals surface area contributed by atoms with E-state index < -0.39 is 27.3 Å². The van der Waals surface area contributed by atoms with E-state index in [-0.39, 0.29) is 28.4 Å². The minimum atomic E-state index is -4.48. The fourth-order valence-electron chi connectivity index (χ4n) is 5.44. The monoisotopic (exact) mass is 543 g/mol. The lowest BCUT2D eigenvalue weighted by Crippen LogP contribution is -2.45. The van der Waals surface area contributed by atoms with Crippen LogP contribution in [0.1, 0.15) is 38.7 Å². The average molecular weight is 544 g/mol. The highest BCUT2D eigenvalue weighted by molar-refractivity contribution is 7.89. The van der Waals surface area contributed by atoms with Crippen LogP contribution in [0.15, 0.2) is 53.4 Å². The summed E-state index contributed by atoms with van der Waals surface area (Å²) in [5.41, 5.74) is -1.50. The highest BCUT2D eigenvalue weighted by Gasteiger charge is 2.53. The van der Waals surface area contributed by atoms with Crippen molar-refractivity contribution in [2.45, 2.75) is 49.7 Å². The van der Waals surface area contributed by atoms with Crippen molar-refractivity contribution in [2.75, 3.05) is 31.5 Å². The summed E-state index contributed by atoms with van der Waals surface area (Å²) in [6, 6.07) is 10.8. The lowest BCUT2D eigenvalue weighted by atomic mass is 9.74. The predicted molar refractivity (Wildman–Crippen MR) is 132 cm³/mol. The first-order chi connectivity index (χ1) is 16.7. The van der Waals surface area contributed by atoms with Crippen molar-refractivity contribution in [3.05, 3.63) is 59.1 Å². The first kappa shape index (κ1) is 26.9. The summed E-state index contributed by atoms with van der Waals surface area (Å²) in [5, 5.41) is 2.91. The van der Waals surface area contributed by atoms with Crippen molar-refractivity contribution in [2.24, 2.45) is 5.41 Å². The number of piperidine rings is 1. The Hall–Kier alpha value is -2.14. The molecular weight excluding hydrogens is 515 g/mol. The molecule has 0 aromatic heterocycles. The van der Waals surface area contributed by atoms with E-state index in [9.17, 15) is 26.4 Å². The number of carbonyl (C=O) groups excluding carboxylic acids is 1. The molecule has 2 saturated heterocycles. The minimum Gasteiger partial charge on any atom is -0.325 e. The molecule has 2 heterocycles. The maximum atomic E-state index is 13.4. The molecule has 0 saturated carbocycles. The lowest BCUT2D eigenvalue weighted by Gasteiger charge is -2.39. The van der Waals surface area contributed by atoms with Crippen molar-refractivity contribution in [1.29, 1.82) is 0 Å². The molecule has 0 atom stereocenters. The highest BCUT2D eigenvalue weighted by atomic mass is 35.5. The Morgan fingerprint density at radius 1 is 1.08 bits per heavy atom. The Bertz CT molecular complexity index is 1240. The molecule has 6 nitrogen and oxygen atoms in total. The van der Waals surface area contributed by atoms with E-state index in [1.165, 1.54) is 18.2 Å². The summed E-state index contributed by atoms with van der Waals surface area (Å²) in [5.74, 6) is -0.387. The van der Waals surface area contributed by atoms with E-state index in [0.29, 0.717) is 31.1 Å². The molecule has 1 N–H and O–H groups in total. The molecule has 1 spiro atoms. The molecule has 0 bridgehead atoms. The van der Waals surface area contributed by atoms with Gasteiger partial charge >= 0.3 is 6.18 Å². The Morgan fingerprint density at radius 2 is 1.75 bits per heavy atom.